The summed E-state index contributed by atoms with van der Waals surface area (Å²) in [5, 5.41) is 10.0. The average molecular weight is 345 g/mol. The minimum absolute atomic E-state index is 0.0170. The van der Waals surface area contributed by atoms with Crippen LogP contribution in [0.2, 0.25) is 0 Å². The lowest BCUT2D eigenvalue weighted by atomic mass is 10.0. The number of para-hydroxylation sites is 1. The van der Waals surface area contributed by atoms with E-state index in [1.165, 1.54) is 0 Å². The van der Waals surface area contributed by atoms with Gasteiger partial charge in [0, 0.05) is 30.5 Å². The zero-order chi connectivity index (χ0) is 18.2. The zero-order valence-electron chi connectivity index (χ0n) is 15.3. The summed E-state index contributed by atoms with van der Waals surface area (Å²) in [4.78, 5) is 14.3. The standard InChI is InChI=1S/C18H27N5O2/c1-14(13-23-11-7-10-20-23)21-18(24)19-12-16(22(2)3)15-8-5-6-9-17(15)25-4/h5-11,14,16H,12-13H2,1-4H3,(H2,19,21,24)/t14-,16+/m0/s1. The molecular weight excluding hydrogens is 318 g/mol. The second kappa shape index (κ2) is 9.08. The fourth-order valence-corrected chi connectivity index (χ4v) is 2.71. The molecule has 1 aromatic carbocycles. The number of likely N-dealkylation sites (N-methyl/N-ethyl adjacent to an activating group) is 1. The minimum atomic E-state index is -0.193. The number of rotatable bonds is 8. The van der Waals surface area contributed by atoms with Crippen molar-refractivity contribution >= 4 is 6.03 Å². The van der Waals surface area contributed by atoms with Gasteiger partial charge in [0.15, 0.2) is 0 Å². The number of nitrogens with one attached hydrogen (secondary N) is 2. The maximum atomic E-state index is 12.2. The Morgan fingerprint density at radius 2 is 2.08 bits per heavy atom. The number of carbonyl (C=O) groups excluding carboxylic acids is 1. The number of nitrogens with zero attached hydrogens (tertiary/aromatic N) is 3. The van der Waals surface area contributed by atoms with Crippen LogP contribution in [0.4, 0.5) is 4.79 Å². The SMILES string of the molecule is COc1ccccc1[C@@H](CNC(=O)N[C@@H](C)Cn1cccn1)N(C)C. The van der Waals surface area contributed by atoms with Gasteiger partial charge in [0.05, 0.1) is 19.7 Å². The smallest absolute Gasteiger partial charge is 0.315 e. The second-order valence-corrected chi connectivity index (χ2v) is 6.20. The Bertz CT molecular complexity index is 657. The Morgan fingerprint density at radius 3 is 2.72 bits per heavy atom. The van der Waals surface area contributed by atoms with E-state index in [0.29, 0.717) is 13.1 Å². The van der Waals surface area contributed by atoms with E-state index in [4.69, 9.17) is 4.74 Å². The first kappa shape index (κ1) is 18.8. The van der Waals surface area contributed by atoms with E-state index in [1.54, 1.807) is 18.0 Å². The number of urea groups is 1. The highest BCUT2D eigenvalue weighted by Crippen LogP contribution is 2.27. The molecule has 0 saturated heterocycles. The third-order valence-electron chi connectivity index (χ3n) is 3.97. The van der Waals surface area contributed by atoms with Crippen molar-refractivity contribution in [1.29, 1.82) is 0 Å². The maximum absolute atomic E-state index is 12.2. The van der Waals surface area contributed by atoms with Gasteiger partial charge in [-0.05, 0) is 33.2 Å². The van der Waals surface area contributed by atoms with Crippen LogP contribution < -0.4 is 15.4 Å². The Hall–Kier alpha value is -2.54. The molecule has 0 aliphatic carbocycles. The van der Waals surface area contributed by atoms with Crippen LogP contribution in [0.25, 0.3) is 0 Å². The number of hydrogen-bond donors (Lipinski definition) is 2. The highest BCUT2D eigenvalue weighted by molar-refractivity contribution is 5.74. The van der Waals surface area contributed by atoms with E-state index < -0.39 is 0 Å². The lowest BCUT2D eigenvalue weighted by Crippen LogP contribution is -2.45. The van der Waals surface area contributed by atoms with E-state index in [1.807, 2.05) is 57.5 Å². The molecule has 0 bridgehead atoms. The number of methoxy groups -OCH3 is 1. The van der Waals surface area contributed by atoms with Crippen molar-refractivity contribution in [3.63, 3.8) is 0 Å². The van der Waals surface area contributed by atoms with Gasteiger partial charge in [-0.15, -0.1) is 0 Å². The van der Waals surface area contributed by atoms with Crippen LogP contribution >= 0.6 is 0 Å². The summed E-state index contributed by atoms with van der Waals surface area (Å²) in [5.74, 6) is 0.815. The van der Waals surface area contributed by atoms with E-state index in [-0.39, 0.29) is 18.1 Å². The lowest BCUT2D eigenvalue weighted by molar-refractivity contribution is 0.227. The van der Waals surface area contributed by atoms with Gasteiger partial charge in [-0.2, -0.15) is 5.10 Å². The van der Waals surface area contributed by atoms with Crippen molar-refractivity contribution in [3.8, 4) is 5.75 Å². The van der Waals surface area contributed by atoms with Gasteiger partial charge in [-0.3, -0.25) is 4.68 Å². The van der Waals surface area contributed by atoms with E-state index in [0.717, 1.165) is 11.3 Å². The average Bonchev–Trinajstić information content (AvgIpc) is 3.07. The summed E-state index contributed by atoms with van der Waals surface area (Å²) in [6.45, 7) is 3.06. The van der Waals surface area contributed by atoms with Gasteiger partial charge in [0.1, 0.15) is 5.75 Å². The Kier molecular flexibility index (Phi) is 6.82. The number of carbonyl (C=O) groups is 1. The van der Waals surface area contributed by atoms with Crippen LogP contribution in [0.3, 0.4) is 0 Å². The molecule has 2 aromatic rings. The summed E-state index contributed by atoms with van der Waals surface area (Å²) in [5.41, 5.74) is 1.04. The molecule has 7 nitrogen and oxygen atoms in total. The maximum Gasteiger partial charge on any atom is 0.315 e. The molecule has 7 heteroatoms. The Balaban J connectivity index is 1.91. The topological polar surface area (TPSA) is 71.4 Å². The van der Waals surface area contributed by atoms with Crippen LogP contribution in [-0.2, 0) is 6.54 Å². The Labute approximate surface area is 149 Å². The number of hydrogen-bond acceptors (Lipinski definition) is 4. The molecule has 2 atom stereocenters. The molecule has 0 spiro atoms. The number of benzene rings is 1. The number of ether oxygens (including phenoxy) is 1. The predicted octanol–water partition coefficient (Wildman–Crippen LogP) is 1.88. The molecule has 0 aliphatic rings. The van der Waals surface area contributed by atoms with Gasteiger partial charge >= 0.3 is 6.03 Å². The van der Waals surface area contributed by atoms with Crippen LogP contribution in [0.5, 0.6) is 5.75 Å². The summed E-state index contributed by atoms with van der Waals surface area (Å²) < 4.78 is 7.24. The molecule has 0 unspecified atom stereocenters. The molecule has 0 aliphatic heterocycles. The first-order valence-electron chi connectivity index (χ1n) is 8.32. The normalized spacial score (nSPS) is 13.3. The fourth-order valence-electron chi connectivity index (χ4n) is 2.71. The number of amides is 2. The van der Waals surface area contributed by atoms with Crippen LogP contribution in [0.15, 0.2) is 42.7 Å². The van der Waals surface area contributed by atoms with Gasteiger partial charge in [0.25, 0.3) is 0 Å². The van der Waals surface area contributed by atoms with Crippen molar-refractivity contribution in [1.82, 2.24) is 25.3 Å². The monoisotopic (exact) mass is 345 g/mol. The van der Waals surface area contributed by atoms with Gasteiger partial charge in [0.2, 0.25) is 0 Å². The van der Waals surface area contributed by atoms with Crippen LogP contribution in [0.1, 0.15) is 18.5 Å². The van der Waals surface area contributed by atoms with E-state index in [2.05, 4.69) is 20.6 Å². The van der Waals surface area contributed by atoms with Crippen LogP contribution in [-0.4, -0.2) is 54.5 Å². The molecule has 0 saturated carbocycles. The third-order valence-corrected chi connectivity index (χ3v) is 3.97. The van der Waals surface area contributed by atoms with Crippen LogP contribution in [0, 0.1) is 0 Å². The number of aromatic nitrogens is 2. The predicted molar refractivity (Wildman–Crippen MR) is 97.6 cm³/mol. The highest BCUT2D eigenvalue weighted by Gasteiger charge is 2.19. The molecule has 0 fully saturated rings. The molecule has 1 heterocycles. The quantitative estimate of drug-likeness (QED) is 0.766. The summed E-state index contributed by atoms with van der Waals surface area (Å²) >= 11 is 0. The minimum Gasteiger partial charge on any atom is -0.496 e. The zero-order valence-corrected chi connectivity index (χ0v) is 15.3. The molecular formula is C18H27N5O2. The Morgan fingerprint density at radius 1 is 1.32 bits per heavy atom. The summed E-state index contributed by atoms with van der Waals surface area (Å²) in [7, 11) is 5.62. The molecule has 2 N–H and O–H groups in total. The van der Waals surface area contributed by atoms with Crippen molar-refractivity contribution < 1.29 is 9.53 Å². The third kappa shape index (κ3) is 5.49. The fraction of sp³-hybridized carbons (Fsp3) is 0.444. The van der Waals surface area contributed by atoms with E-state index in [9.17, 15) is 4.79 Å². The van der Waals surface area contributed by atoms with Gasteiger partial charge in [-0.1, -0.05) is 18.2 Å². The summed E-state index contributed by atoms with van der Waals surface area (Å²) in [6.07, 6.45) is 3.60. The van der Waals surface area contributed by atoms with Crippen molar-refractivity contribution in [2.24, 2.45) is 0 Å². The second-order valence-electron chi connectivity index (χ2n) is 6.20. The van der Waals surface area contributed by atoms with Gasteiger partial charge in [-0.25, -0.2) is 4.79 Å². The molecule has 2 amide bonds. The molecule has 136 valence electrons. The van der Waals surface area contributed by atoms with Gasteiger partial charge < -0.3 is 20.3 Å². The van der Waals surface area contributed by atoms with E-state index >= 15 is 0 Å². The first-order chi connectivity index (χ1) is 12.0. The largest absolute Gasteiger partial charge is 0.496 e. The lowest BCUT2D eigenvalue weighted by Gasteiger charge is -2.27. The highest BCUT2D eigenvalue weighted by atomic mass is 16.5. The van der Waals surface area contributed by atoms with Crippen molar-refractivity contribution in [2.45, 2.75) is 25.6 Å². The summed E-state index contributed by atoms with van der Waals surface area (Å²) in [6, 6.07) is 9.52. The van der Waals surface area contributed by atoms with Crippen molar-refractivity contribution in [3.05, 3.63) is 48.3 Å². The molecule has 2 rings (SSSR count). The first-order valence-corrected chi connectivity index (χ1v) is 8.32. The molecule has 1 aromatic heterocycles. The van der Waals surface area contributed by atoms with Crippen molar-refractivity contribution in [2.75, 3.05) is 27.7 Å². The molecule has 25 heavy (non-hydrogen) atoms. The molecule has 0 radical (unpaired) electrons.